The first-order valence-corrected chi connectivity index (χ1v) is 8.54. The summed E-state index contributed by atoms with van der Waals surface area (Å²) in [6, 6.07) is 6.45. The van der Waals surface area contributed by atoms with Gasteiger partial charge in [-0.05, 0) is 12.1 Å². The molecule has 0 spiro atoms. The van der Waals surface area contributed by atoms with Crippen molar-refractivity contribution in [2.24, 2.45) is 0 Å². The van der Waals surface area contributed by atoms with E-state index in [1.807, 2.05) is 0 Å². The average molecular weight is 334 g/mol. The van der Waals surface area contributed by atoms with Crippen molar-refractivity contribution < 1.29 is 9.18 Å². The number of aromatic nitrogens is 1. The molecule has 7 heteroatoms. The van der Waals surface area contributed by atoms with Crippen molar-refractivity contribution in [3.8, 4) is 10.6 Å². The third-order valence-electron chi connectivity index (χ3n) is 3.76. The van der Waals surface area contributed by atoms with Gasteiger partial charge in [-0.15, -0.1) is 11.3 Å². The number of piperazine rings is 1. The van der Waals surface area contributed by atoms with Gasteiger partial charge in [0.2, 0.25) is 0 Å². The highest BCUT2D eigenvalue weighted by Gasteiger charge is 2.14. The van der Waals surface area contributed by atoms with Gasteiger partial charge in [0.05, 0.1) is 0 Å². The van der Waals surface area contributed by atoms with E-state index in [4.69, 9.17) is 0 Å². The lowest BCUT2D eigenvalue weighted by Gasteiger charge is -2.26. The maximum atomic E-state index is 13.7. The molecule has 3 rings (SSSR count). The van der Waals surface area contributed by atoms with Crippen LogP contribution >= 0.6 is 11.3 Å². The molecule has 1 fully saturated rings. The van der Waals surface area contributed by atoms with E-state index in [1.165, 1.54) is 17.4 Å². The highest BCUT2D eigenvalue weighted by atomic mass is 32.1. The van der Waals surface area contributed by atoms with Gasteiger partial charge in [-0.1, -0.05) is 12.1 Å². The summed E-state index contributed by atoms with van der Waals surface area (Å²) in [6.07, 6.45) is 0. The fraction of sp³-hybridized carbons (Fsp3) is 0.375. The maximum Gasteiger partial charge on any atom is 0.270 e. The topological polar surface area (TPSA) is 57.3 Å². The summed E-state index contributed by atoms with van der Waals surface area (Å²) in [4.78, 5) is 18.7. The second-order valence-electron chi connectivity index (χ2n) is 5.37. The summed E-state index contributed by atoms with van der Waals surface area (Å²) < 4.78 is 13.7. The smallest absolute Gasteiger partial charge is 0.270 e. The third kappa shape index (κ3) is 4.13. The molecule has 0 bridgehead atoms. The number of hydrogen-bond acceptors (Lipinski definition) is 5. The normalized spacial score (nSPS) is 15.5. The van der Waals surface area contributed by atoms with E-state index >= 15 is 0 Å². The van der Waals surface area contributed by atoms with Crippen LogP contribution in [0.15, 0.2) is 29.6 Å². The monoisotopic (exact) mass is 334 g/mol. The molecule has 0 saturated carbocycles. The van der Waals surface area contributed by atoms with Crippen molar-refractivity contribution in [1.82, 2.24) is 20.5 Å². The molecule has 1 aliphatic heterocycles. The number of carbonyl (C=O) groups is 1. The zero-order valence-corrected chi connectivity index (χ0v) is 13.5. The molecule has 1 aromatic carbocycles. The van der Waals surface area contributed by atoms with Crippen molar-refractivity contribution in [3.63, 3.8) is 0 Å². The highest BCUT2D eigenvalue weighted by molar-refractivity contribution is 7.13. The molecule has 0 unspecified atom stereocenters. The average Bonchev–Trinajstić information content (AvgIpc) is 3.06. The van der Waals surface area contributed by atoms with Gasteiger partial charge in [0.25, 0.3) is 5.91 Å². The van der Waals surface area contributed by atoms with E-state index in [9.17, 15) is 9.18 Å². The van der Waals surface area contributed by atoms with Crippen LogP contribution in [0.4, 0.5) is 4.39 Å². The second kappa shape index (κ2) is 7.63. The van der Waals surface area contributed by atoms with Gasteiger partial charge in [-0.2, -0.15) is 0 Å². The highest BCUT2D eigenvalue weighted by Crippen LogP contribution is 2.25. The summed E-state index contributed by atoms with van der Waals surface area (Å²) in [5, 5.41) is 8.36. The summed E-state index contributed by atoms with van der Waals surface area (Å²) in [7, 11) is 0. The van der Waals surface area contributed by atoms with Crippen LogP contribution in [0.5, 0.6) is 0 Å². The first-order chi connectivity index (χ1) is 11.2. The van der Waals surface area contributed by atoms with E-state index in [0.717, 1.165) is 32.7 Å². The Hall–Kier alpha value is -1.83. The summed E-state index contributed by atoms with van der Waals surface area (Å²) in [6.45, 7) is 5.41. The third-order valence-corrected chi connectivity index (χ3v) is 4.64. The predicted octanol–water partition coefficient (Wildman–Crippen LogP) is 1.58. The van der Waals surface area contributed by atoms with E-state index in [-0.39, 0.29) is 11.7 Å². The fourth-order valence-electron chi connectivity index (χ4n) is 2.49. The van der Waals surface area contributed by atoms with Gasteiger partial charge in [-0.3, -0.25) is 9.69 Å². The summed E-state index contributed by atoms with van der Waals surface area (Å²) >= 11 is 1.28. The van der Waals surface area contributed by atoms with Gasteiger partial charge in [0.15, 0.2) is 0 Å². The lowest BCUT2D eigenvalue weighted by Crippen LogP contribution is -2.46. The minimum absolute atomic E-state index is 0.209. The van der Waals surface area contributed by atoms with Crippen molar-refractivity contribution in [1.29, 1.82) is 0 Å². The lowest BCUT2D eigenvalue weighted by atomic mass is 10.2. The zero-order chi connectivity index (χ0) is 16.1. The number of carbonyl (C=O) groups excluding carboxylic acids is 1. The first-order valence-electron chi connectivity index (χ1n) is 7.66. The van der Waals surface area contributed by atoms with E-state index in [0.29, 0.717) is 22.8 Å². The molecule has 1 aromatic heterocycles. The molecule has 2 aromatic rings. The van der Waals surface area contributed by atoms with E-state index in [1.54, 1.807) is 23.6 Å². The van der Waals surface area contributed by atoms with Crippen LogP contribution in [0.1, 0.15) is 10.5 Å². The van der Waals surface area contributed by atoms with Crippen molar-refractivity contribution >= 4 is 17.2 Å². The van der Waals surface area contributed by atoms with Crippen LogP contribution in [0, 0.1) is 5.82 Å². The Morgan fingerprint density at radius 3 is 2.91 bits per heavy atom. The maximum absolute atomic E-state index is 13.7. The van der Waals surface area contributed by atoms with Crippen molar-refractivity contribution in [2.45, 2.75) is 0 Å². The summed E-state index contributed by atoms with van der Waals surface area (Å²) in [5.74, 6) is -0.536. The Labute approximate surface area is 138 Å². The van der Waals surface area contributed by atoms with E-state index < -0.39 is 0 Å². The van der Waals surface area contributed by atoms with Crippen LogP contribution in [-0.4, -0.2) is 55.1 Å². The lowest BCUT2D eigenvalue weighted by molar-refractivity contribution is 0.0943. The van der Waals surface area contributed by atoms with Gasteiger partial charge >= 0.3 is 0 Å². The Bertz CT molecular complexity index is 670. The van der Waals surface area contributed by atoms with Crippen LogP contribution in [-0.2, 0) is 0 Å². The number of halogens is 1. The largest absolute Gasteiger partial charge is 0.349 e. The number of thiazole rings is 1. The van der Waals surface area contributed by atoms with Gasteiger partial charge in [0.1, 0.15) is 16.5 Å². The number of amides is 1. The predicted molar refractivity (Wildman–Crippen MR) is 89.2 cm³/mol. The first kappa shape index (κ1) is 16.0. The SMILES string of the molecule is O=C(NCCN1CCNCC1)c1csc(-c2ccccc2F)n1. The molecule has 5 nitrogen and oxygen atoms in total. The molecular formula is C16H19FN4OS. The van der Waals surface area contributed by atoms with Crippen LogP contribution in [0.2, 0.25) is 0 Å². The number of rotatable bonds is 5. The molecule has 2 N–H and O–H groups in total. The summed E-state index contributed by atoms with van der Waals surface area (Å²) in [5.41, 5.74) is 0.769. The van der Waals surface area contributed by atoms with Crippen molar-refractivity contribution in [2.75, 3.05) is 39.3 Å². The Kier molecular flexibility index (Phi) is 5.32. The number of benzene rings is 1. The molecule has 0 radical (unpaired) electrons. The molecule has 0 atom stereocenters. The van der Waals surface area contributed by atoms with Crippen LogP contribution in [0.25, 0.3) is 10.6 Å². The number of nitrogens with one attached hydrogen (secondary N) is 2. The molecule has 1 saturated heterocycles. The standard InChI is InChI=1S/C16H19FN4OS/c17-13-4-2-1-3-12(13)16-20-14(11-23-16)15(22)19-7-10-21-8-5-18-6-9-21/h1-4,11,18H,5-10H2,(H,19,22). The zero-order valence-electron chi connectivity index (χ0n) is 12.7. The minimum Gasteiger partial charge on any atom is -0.349 e. The number of hydrogen-bond donors (Lipinski definition) is 2. The van der Waals surface area contributed by atoms with Gasteiger partial charge < -0.3 is 10.6 Å². The molecule has 23 heavy (non-hydrogen) atoms. The quantitative estimate of drug-likeness (QED) is 0.872. The molecule has 2 heterocycles. The van der Waals surface area contributed by atoms with Crippen LogP contribution in [0.3, 0.4) is 0 Å². The Morgan fingerprint density at radius 2 is 2.13 bits per heavy atom. The Morgan fingerprint density at radius 1 is 1.35 bits per heavy atom. The molecular weight excluding hydrogens is 315 g/mol. The second-order valence-corrected chi connectivity index (χ2v) is 6.22. The minimum atomic E-state index is -0.326. The van der Waals surface area contributed by atoms with Gasteiger partial charge in [0, 0.05) is 50.2 Å². The number of nitrogens with zero attached hydrogens (tertiary/aromatic N) is 2. The van der Waals surface area contributed by atoms with Crippen molar-refractivity contribution in [3.05, 3.63) is 41.2 Å². The molecule has 122 valence electrons. The molecule has 1 aliphatic rings. The Balaban J connectivity index is 1.55. The molecule has 1 amide bonds. The molecule has 0 aliphatic carbocycles. The van der Waals surface area contributed by atoms with Crippen LogP contribution < -0.4 is 10.6 Å². The van der Waals surface area contributed by atoms with E-state index in [2.05, 4.69) is 20.5 Å². The van der Waals surface area contributed by atoms with Gasteiger partial charge in [-0.25, -0.2) is 9.37 Å². The fourth-order valence-corrected chi connectivity index (χ4v) is 3.32.